The van der Waals surface area contributed by atoms with E-state index in [-0.39, 0.29) is 11.7 Å². The van der Waals surface area contributed by atoms with Crippen molar-refractivity contribution in [2.45, 2.75) is 0 Å². The third kappa shape index (κ3) is 4.08. The van der Waals surface area contributed by atoms with Crippen LogP contribution in [0.1, 0.15) is 15.9 Å². The molecule has 2 aromatic rings. The molecule has 22 heavy (non-hydrogen) atoms. The first-order valence-electron chi connectivity index (χ1n) is 6.16. The Morgan fingerprint density at radius 1 is 1.23 bits per heavy atom. The number of nitrogens with one attached hydrogen (secondary N) is 1. The Morgan fingerprint density at radius 2 is 1.91 bits per heavy atom. The maximum atomic E-state index is 11.9. The summed E-state index contributed by atoms with van der Waals surface area (Å²) in [5, 5.41) is 13.8. The van der Waals surface area contributed by atoms with Crippen LogP contribution < -0.4 is 10.2 Å². The highest BCUT2D eigenvalue weighted by atomic mass is 79.9. The topological polar surface area (TPSA) is 70.9 Å². The zero-order chi connectivity index (χ0) is 16.1. The van der Waals surface area contributed by atoms with Gasteiger partial charge in [0.1, 0.15) is 0 Å². The van der Waals surface area contributed by atoms with Crippen LogP contribution in [0.5, 0.6) is 11.5 Å². The van der Waals surface area contributed by atoms with Gasteiger partial charge in [0.15, 0.2) is 11.5 Å². The molecule has 0 aromatic heterocycles. The highest BCUT2D eigenvalue weighted by Crippen LogP contribution is 2.32. The van der Waals surface area contributed by atoms with E-state index in [2.05, 4.69) is 42.4 Å². The largest absolute Gasteiger partial charge is 0.504 e. The predicted octanol–water partition coefficient (Wildman–Crippen LogP) is 3.69. The Balaban J connectivity index is 2.11. The smallest absolute Gasteiger partial charge is 0.271 e. The first-order valence-corrected chi connectivity index (χ1v) is 7.75. The van der Waals surface area contributed by atoms with Crippen LogP contribution in [0.25, 0.3) is 0 Å². The average Bonchev–Trinajstić information content (AvgIpc) is 2.50. The molecule has 0 aliphatic carbocycles. The molecule has 0 aliphatic heterocycles. The van der Waals surface area contributed by atoms with Gasteiger partial charge in [0.05, 0.1) is 13.3 Å². The fraction of sp³-hybridized carbons (Fsp3) is 0.0667. The van der Waals surface area contributed by atoms with E-state index < -0.39 is 0 Å². The molecule has 2 aromatic carbocycles. The van der Waals surface area contributed by atoms with E-state index in [1.807, 2.05) is 0 Å². The lowest BCUT2D eigenvalue weighted by Gasteiger charge is -2.06. The summed E-state index contributed by atoms with van der Waals surface area (Å²) in [5.74, 6) is -0.0763. The standard InChI is InChI=1S/C15H12Br2N2O3/c1-22-13-7-12(17)6-10(14(13)20)8-18-19-15(21)9-2-4-11(16)5-3-9/h2-8,20H,1H3,(H,19,21). The van der Waals surface area contributed by atoms with Gasteiger partial charge in [-0.25, -0.2) is 5.43 Å². The molecule has 7 heteroatoms. The van der Waals surface area contributed by atoms with E-state index in [0.29, 0.717) is 16.9 Å². The molecule has 2 N–H and O–H groups in total. The van der Waals surface area contributed by atoms with Crippen molar-refractivity contribution in [3.05, 3.63) is 56.5 Å². The van der Waals surface area contributed by atoms with Crippen molar-refractivity contribution in [3.63, 3.8) is 0 Å². The summed E-state index contributed by atoms with van der Waals surface area (Å²) in [6, 6.07) is 10.2. The van der Waals surface area contributed by atoms with Gasteiger partial charge >= 0.3 is 0 Å². The minimum Gasteiger partial charge on any atom is -0.504 e. The molecule has 0 unspecified atom stereocenters. The molecule has 2 rings (SSSR count). The molecule has 0 atom stereocenters. The van der Waals surface area contributed by atoms with E-state index >= 15 is 0 Å². The number of hydrazone groups is 1. The second kappa shape index (κ2) is 7.42. The number of aromatic hydroxyl groups is 1. The number of nitrogens with zero attached hydrogens (tertiary/aromatic N) is 1. The number of phenolic OH excluding ortho intramolecular Hbond substituents is 1. The third-order valence-corrected chi connectivity index (χ3v) is 3.75. The molecule has 0 fully saturated rings. The van der Waals surface area contributed by atoms with E-state index in [1.54, 1.807) is 36.4 Å². The van der Waals surface area contributed by atoms with Gasteiger partial charge in [-0.3, -0.25) is 4.79 Å². The molecule has 0 heterocycles. The number of benzene rings is 2. The van der Waals surface area contributed by atoms with E-state index in [9.17, 15) is 9.90 Å². The summed E-state index contributed by atoms with van der Waals surface area (Å²) in [5.41, 5.74) is 3.30. The van der Waals surface area contributed by atoms with E-state index in [1.165, 1.54) is 13.3 Å². The van der Waals surface area contributed by atoms with E-state index in [4.69, 9.17) is 4.74 Å². The number of carbonyl (C=O) groups is 1. The highest BCUT2D eigenvalue weighted by molar-refractivity contribution is 9.10. The summed E-state index contributed by atoms with van der Waals surface area (Å²) in [6.45, 7) is 0. The first kappa shape index (κ1) is 16.5. The Kier molecular flexibility index (Phi) is 5.57. The Bertz CT molecular complexity index is 715. The number of rotatable bonds is 4. The minimum absolute atomic E-state index is 0.0488. The van der Waals surface area contributed by atoms with Gasteiger partial charge in [0.25, 0.3) is 5.91 Å². The molecular weight excluding hydrogens is 416 g/mol. The minimum atomic E-state index is -0.342. The molecule has 1 amide bonds. The van der Waals surface area contributed by atoms with Crippen LogP contribution in [0.15, 0.2) is 50.4 Å². The van der Waals surface area contributed by atoms with Crippen molar-refractivity contribution in [1.29, 1.82) is 0 Å². The molecule has 0 spiro atoms. The molecule has 0 saturated heterocycles. The molecule has 0 radical (unpaired) electrons. The van der Waals surface area contributed by atoms with Crippen molar-refractivity contribution in [1.82, 2.24) is 5.43 Å². The summed E-state index contributed by atoms with van der Waals surface area (Å²) in [6.07, 6.45) is 1.35. The number of methoxy groups -OCH3 is 1. The Labute approximate surface area is 144 Å². The molecule has 114 valence electrons. The Hall–Kier alpha value is -1.86. The van der Waals surface area contributed by atoms with Crippen molar-refractivity contribution in [2.75, 3.05) is 7.11 Å². The van der Waals surface area contributed by atoms with Crippen molar-refractivity contribution in [3.8, 4) is 11.5 Å². The summed E-state index contributed by atoms with van der Waals surface area (Å²) < 4.78 is 6.65. The van der Waals surface area contributed by atoms with Gasteiger partial charge < -0.3 is 9.84 Å². The van der Waals surface area contributed by atoms with Crippen LogP contribution in [0.4, 0.5) is 0 Å². The lowest BCUT2D eigenvalue weighted by molar-refractivity contribution is 0.0955. The predicted molar refractivity (Wildman–Crippen MR) is 91.6 cm³/mol. The van der Waals surface area contributed by atoms with Crippen molar-refractivity contribution >= 4 is 44.0 Å². The van der Waals surface area contributed by atoms with E-state index in [0.717, 1.165) is 8.95 Å². The van der Waals surface area contributed by atoms with Crippen molar-refractivity contribution < 1.29 is 14.6 Å². The second-order valence-electron chi connectivity index (χ2n) is 4.25. The zero-order valence-electron chi connectivity index (χ0n) is 11.5. The van der Waals surface area contributed by atoms with Gasteiger partial charge in [-0.1, -0.05) is 31.9 Å². The number of hydrogen-bond acceptors (Lipinski definition) is 4. The van der Waals surface area contributed by atoms with Crippen LogP contribution in [0.2, 0.25) is 0 Å². The number of halogens is 2. The molecule has 0 bridgehead atoms. The van der Waals surface area contributed by atoms with Gasteiger partial charge in [-0.15, -0.1) is 0 Å². The molecular formula is C15H12Br2N2O3. The fourth-order valence-corrected chi connectivity index (χ4v) is 2.39. The highest BCUT2D eigenvalue weighted by Gasteiger charge is 2.08. The van der Waals surface area contributed by atoms with Crippen LogP contribution in [0.3, 0.4) is 0 Å². The van der Waals surface area contributed by atoms with Gasteiger partial charge in [-0.2, -0.15) is 5.10 Å². The lowest BCUT2D eigenvalue weighted by Crippen LogP contribution is -2.17. The second-order valence-corrected chi connectivity index (χ2v) is 6.08. The average molecular weight is 428 g/mol. The number of hydrogen-bond donors (Lipinski definition) is 2. The zero-order valence-corrected chi connectivity index (χ0v) is 14.7. The lowest BCUT2D eigenvalue weighted by atomic mass is 10.2. The van der Waals surface area contributed by atoms with Gasteiger partial charge in [0.2, 0.25) is 0 Å². The maximum Gasteiger partial charge on any atom is 0.271 e. The van der Waals surface area contributed by atoms with Crippen LogP contribution >= 0.6 is 31.9 Å². The number of ether oxygens (including phenoxy) is 1. The molecule has 0 saturated carbocycles. The summed E-state index contributed by atoms with van der Waals surface area (Å²) >= 11 is 6.61. The molecule has 5 nitrogen and oxygen atoms in total. The van der Waals surface area contributed by atoms with Gasteiger partial charge in [0, 0.05) is 20.1 Å². The van der Waals surface area contributed by atoms with Crippen molar-refractivity contribution in [2.24, 2.45) is 5.10 Å². The maximum absolute atomic E-state index is 11.9. The number of phenols is 1. The fourth-order valence-electron chi connectivity index (χ4n) is 1.67. The SMILES string of the molecule is COc1cc(Br)cc(C=NNC(=O)c2ccc(Br)cc2)c1O. The monoisotopic (exact) mass is 426 g/mol. The van der Waals surface area contributed by atoms with Crippen LogP contribution in [-0.2, 0) is 0 Å². The molecule has 0 aliphatic rings. The van der Waals surface area contributed by atoms with Crippen LogP contribution in [-0.4, -0.2) is 24.3 Å². The quantitative estimate of drug-likeness (QED) is 0.577. The first-order chi connectivity index (χ1) is 10.5. The van der Waals surface area contributed by atoms with Gasteiger partial charge in [-0.05, 0) is 36.4 Å². The summed E-state index contributed by atoms with van der Waals surface area (Å²) in [7, 11) is 1.46. The Morgan fingerprint density at radius 3 is 2.55 bits per heavy atom. The number of carbonyl (C=O) groups excluding carboxylic acids is 1. The third-order valence-electron chi connectivity index (χ3n) is 2.77. The summed E-state index contributed by atoms with van der Waals surface area (Å²) in [4.78, 5) is 11.9. The number of amides is 1. The van der Waals surface area contributed by atoms with Crippen LogP contribution in [0, 0.1) is 0 Å². The normalized spacial score (nSPS) is 10.7.